The minimum absolute atomic E-state index is 0.132. The van der Waals surface area contributed by atoms with E-state index in [1.54, 1.807) is 9.80 Å². The number of ether oxygens (including phenoxy) is 2. The van der Waals surface area contributed by atoms with E-state index in [2.05, 4.69) is 0 Å². The Labute approximate surface area is 154 Å². The highest BCUT2D eigenvalue weighted by molar-refractivity contribution is 6.25. The van der Waals surface area contributed by atoms with Crippen LogP contribution in [-0.4, -0.2) is 71.4 Å². The summed E-state index contributed by atoms with van der Waals surface area (Å²) in [5.74, 6) is -1.78. The topological polar surface area (TPSA) is 145 Å². The molecule has 27 heavy (non-hydrogen) atoms. The van der Waals surface area contributed by atoms with Gasteiger partial charge in [-0.1, -0.05) is 0 Å². The maximum absolute atomic E-state index is 12.9. The molecule has 4 rings (SSSR count). The summed E-state index contributed by atoms with van der Waals surface area (Å²) in [5.41, 5.74) is 10.2. The SMILES string of the molecule is CO[C@]12C3C(CN1C1=C(C(=O)C(N)=C(C)C1=O)[C@H]2COC(N)=O)N3C(C)=O. The third-order valence-electron chi connectivity index (χ3n) is 6.05. The van der Waals surface area contributed by atoms with Crippen LogP contribution in [0.1, 0.15) is 13.8 Å². The molecule has 10 heteroatoms. The first-order valence-electron chi connectivity index (χ1n) is 8.52. The van der Waals surface area contributed by atoms with Crippen molar-refractivity contribution in [3.05, 3.63) is 22.5 Å². The third-order valence-corrected chi connectivity index (χ3v) is 6.05. The van der Waals surface area contributed by atoms with Crippen LogP contribution in [0.15, 0.2) is 22.5 Å². The highest BCUT2D eigenvalue weighted by Gasteiger charge is 2.77. The molecule has 2 fully saturated rings. The molecule has 0 aromatic heterocycles. The number of amides is 2. The number of hydrogen-bond acceptors (Lipinski definition) is 8. The summed E-state index contributed by atoms with van der Waals surface area (Å²) in [6, 6.07) is -0.506. The van der Waals surface area contributed by atoms with E-state index < -0.39 is 23.5 Å². The summed E-state index contributed by atoms with van der Waals surface area (Å²) >= 11 is 0. The van der Waals surface area contributed by atoms with Crippen LogP contribution < -0.4 is 11.5 Å². The number of hydrogen-bond donors (Lipinski definition) is 2. The summed E-state index contributed by atoms with van der Waals surface area (Å²) in [4.78, 5) is 52.4. The van der Waals surface area contributed by atoms with Gasteiger partial charge in [0.25, 0.3) is 0 Å². The van der Waals surface area contributed by atoms with Crippen LogP contribution in [0.4, 0.5) is 4.79 Å². The van der Waals surface area contributed by atoms with E-state index in [4.69, 9.17) is 20.9 Å². The Morgan fingerprint density at radius 1 is 1.30 bits per heavy atom. The van der Waals surface area contributed by atoms with Crippen molar-refractivity contribution in [2.45, 2.75) is 31.7 Å². The van der Waals surface area contributed by atoms with E-state index in [0.717, 1.165) is 0 Å². The van der Waals surface area contributed by atoms with Gasteiger partial charge in [-0.15, -0.1) is 0 Å². The van der Waals surface area contributed by atoms with Crippen LogP contribution in [-0.2, 0) is 23.9 Å². The molecule has 0 aromatic rings. The van der Waals surface area contributed by atoms with Crippen molar-refractivity contribution in [2.24, 2.45) is 17.4 Å². The van der Waals surface area contributed by atoms with Gasteiger partial charge in [0.05, 0.1) is 23.4 Å². The standard InChI is InChI=1S/C17H20N4O6/c1-6-11(18)14(24)10-8(5-27-16(19)25)17(26-3)15-9(21(15)7(2)22)4-20(17)12(10)13(6)23/h8-9,15H,4-5,18H2,1-3H3,(H2,19,25)/t8-,9?,15?,17-,21?/m1/s1. The number of allylic oxidation sites excluding steroid dienone is 2. The van der Waals surface area contributed by atoms with Gasteiger partial charge in [0.15, 0.2) is 5.72 Å². The molecular weight excluding hydrogens is 356 g/mol. The monoisotopic (exact) mass is 376 g/mol. The fourth-order valence-corrected chi connectivity index (χ4v) is 4.91. The second kappa shape index (κ2) is 5.32. The van der Waals surface area contributed by atoms with Gasteiger partial charge in [0, 0.05) is 31.7 Å². The van der Waals surface area contributed by atoms with Gasteiger partial charge < -0.3 is 30.7 Å². The van der Waals surface area contributed by atoms with E-state index in [-0.39, 0.29) is 52.9 Å². The minimum atomic E-state index is -1.19. The Kier molecular flexibility index (Phi) is 3.45. The maximum atomic E-state index is 12.9. The number of carbonyl (C=O) groups is 4. The first-order valence-corrected chi connectivity index (χ1v) is 8.52. The van der Waals surface area contributed by atoms with Gasteiger partial charge in [0.2, 0.25) is 17.5 Å². The van der Waals surface area contributed by atoms with Crippen LogP contribution in [0, 0.1) is 5.92 Å². The van der Waals surface area contributed by atoms with Gasteiger partial charge in [-0.25, -0.2) is 4.79 Å². The van der Waals surface area contributed by atoms with Crippen molar-refractivity contribution in [3.63, 3.8) is 0 Å². The molecule has 4 atom stereocenters. The summed E-state index contributed by atoms with van der Waals surface area (Å²) in [5, 5.41) is 0. The van der Waals surface area contributed by atoms with E-state index in [1.165, 1.54) is 21.0 Å². The number of Topliss-reactive ketones (excluding diaryl/α,β-unsaturated/α-hetero) is 2. The molecule has 10 nitrogen and oxygen atoms in total. The largest absolute Gasteiger partial charge is 0.449 e. The lowest BCUT2D eigenvalue weighted by molar-refractivity contribution is -0.152. The second-order valence-electron chi connectivity index (χ2n) is 7.15. The second-order valence-corrected chi connectivity index (χ2v) is 7.15. The summed E-state index contributed by atoms with van der Waals surface area (Å²) in [7, 11) is 1.44. The number of primary amides is 1. The van der Waals surface area contributed by atoms with Crippen LogP contribution in [0.3, 0.4) is 0 Å². The van der Waals surface area contributed by atoms with Crippen LogP contribution >= 0.6 is 0 Å². The molecule has 3 aliphatic heterocycles. The number of carbonyl (C=O) groups excluding carboxylic acids is 4. The molecule has 2 amide bonds. The third kappa shape index (κ3) is 1.93. The first kappa shape index (κ1) is 17.5. The van der Waals surface area contributed by atoms with Crippen molar-refractivity contribution in [2.75, 3.05) is 20.3 Å². The Morgan fingerprint density at radius 2 is 1.96 bits per heavy atom. The van der Waals surface area contributed by atoms with Crippen LogP contribution in [0.25, 0.3) is 0 Å². The average molecular weight is 376 g/mol. The fourth-order valence-electron chi connectivity index (χ4n) is 4.91. The highest BCUT2D eigenvalue weighted by Crippen LogP contribution is 2.59. The fraction of sp³-hybridized carbons (Fsp3) is 0.529. The predicted octanol–water partition coefficient (Wildman–Crippen LogP) is -1.39. The molecule has 2 saturated heterocycles. The molecule has 1 aliphatic carbocycles. The van der Waals surface area contributed by atoms with Crippen molar-refractivity contribution in [1.29, 1.82) is 0 Å². The maximum Gasteiger partial charge on any atom is 0.404 e. The summed E-state index contributed by atoms with van der Waals surface area (Å²) in [6.45, 7) is 3.03. The normalized spacial score (nSPS) is 34.0. The van der Waals surface area contributed by atoms with Crippen molar-refractivity contribution < 1.29 is 28.7 Å². The minimum Gasteiger partial charge on any atom is -0.449 e. The van der Waals surface area contributed by atoms with Crippen LogP contribution in [0.5, 0.6) is 0 Å². The number of fused-ring (bicyclic) bond motifs is 4. The van der Waals surface area contributed by atoms with E-state index >= 15 is 0 Å². The molecule has 144 valence electrons. The molecule has 2 unspecified atom stereocenters. The van der Waals surface area contributed by atoms with Crippen molar-refractivity contribution in [1.82, 2.24) is 9.80 Å². The van der Waals surface area contributed by atoms with Gasteiger partial charge in [-0.3, -0.25) is 14.4 Å². The zero-order chi connectivity index (χ0) is 19.8. The Hall–Kier alpha value is -2.88. The van der Waals surface area contributed by atoms with Gasteiger partial charge in [0.1, 0.15) is 12.6 Å². The summed E-state index contributed by atoms with van der Waals surface area (Å²) in [6.07, 6.45) is -1.01. The van der Waals surface area contributed by atoms with Gasteiger partial charge >= 0.3 is 6.09 Å². The lowest BCUT2D eigenvalue weighted by Crippen LogP contribution is -2.56. The lowest BCUT2D eigenvalue weighted by Gasteiger charge is -2.40. The molecular formula is C17H20N4O6. The van der Waals surface area contributed by atoms with Gasteiger partial charge in [-0.2, -0.15) is 0 Å². The molecule has 0 saturated carbocycles. The lowest BCUT2D eigenvalue weighted by atomic mass is 9.82. The Morgan fingerprint density at radius 3 is 2.52 bits per heavy atom. The number of nitrogens with zero attached hydrogens (tertiary/aromatic N) is 2. The zero-order valence-electron chi connectivity index (χ0n) is 15.1. The molecule has 0 radical (unpaired) electrons. The number of piperazine rings is 1. The molecule has 0 bridgehead atoms. The zero-order valence-corrected chi connectivity index (χ0v) is 15.1. The molecule has 4 N–H and O–H groups in total. The van der Waals surface area contributed by atoms with Crippen molar-refractivity contribution >= 4 is 23.6 Å². The van der Waals surface area contributed by atoms with E-state index in [0.29, 0.717) is 6.54 Å². The smallest absolute Gasteiger partial charge is 0.404 e. The predicted molar refractivity (Wildman–Crippen MR) is 89.5 cm³/mol. The quantitative estimate of drug-likeness (QED) is 0.452. The average Bonchev–Trinajstić information content (AvgIpc) is 3.13. The van der Waals surface area contributed by atoms with Crippen molar-refractivity contribution in [3.8, 4) is 0 Å². The first-order chi connectivity index (χ1) is 12.7. The molecule has 0 spiro atoms. The number of rotatable bonds is 3. The number of nitrogens with two attached hydrogens (primary N) is 2. The molecule has 3 heterocycles. The highest BCUT2D eigenvalue weighted by atomic mass is 16.6. The molecule has 4 aliphatic rings. The van der Waals surface area contributed by atoms with Gasteiger partial charge in [-0.05, 0) is 6.92 Å². The van der Waals surface area contributed by atoms with Crippen LogP contribution in [0.2, 0.25) is 0 Å². The number of methoxy groups -OCH3 is 1. The Balaban J connectivity index is 1.85. The number of ketones is 2. The van der Waals surface area contributed by atoms with E-state index in [9.17, 15) is 19.2 Å². The Bertz CT molecular complexity index is 877. The molecule has 0 aromatic carbocycles. The summed E-state index contributed by atoms with van der Waals surface area (Å²) < 4.78 is 10.8. The van der Waals surface area contributed by atoms with E-state index in [1.807, 2.05) is 0 Å².